The molecule has 0 spiro atoms. The number of benzene rings is 2. The van der Waals surface area contributed by atoms with E-state index in [-0.39, 0.29) is 23.2 Å². The molecule has 0 saturated carbocycles. The van der Waals surface area contributed by atoms with Gasteiger partial charge in [0.05, 0.1) is 11.0 Å². The fraction of sp³-hybridized carbons (Fsp3) is 0.364. The average Bonchev–Trinajstić information content (AvgIpc) is 2.77. The summed E-state index contributed by atoms with van der Waals surface area (Å²) in [4.78, 5) is 37.5. The van der Waals surface area contributed by atoms with Gasteiger partial charge in [-0.2, -0.15) is 0 Å². The van der Waals surface area contributed by atoms with Crippen LogP contribution < -0.4 is 10.6 Å². The Bertz CT molecular complexity index is 933. The highest BCUT2D eigenvalue weighted by Crippen LogP contribution is 2.27. The van der Waals surface area contributed by atoms with E-state index in [1.807, 2.05) is 38.1 Å². The first kappa shape index (κ1) is 24.3. The molecule has 2 atom stereocenters. The predicted octanol–water partition coefficient (Wildman–Crippen LogP) is 3.57. The number of halogens is 1. The van der Waals surface area contributed by atoms with Gasteiger partial charge in [-0.3, -0.25) is 24.6 Å². The largest absolute Gasteiger partial charge is 0.352 e. The normalized spacial score (nSPS) is 12.8. The monoisotopic (exact) mass is 446 g/mol. The van der Waals surface area contributed by atoms with Crippen LogP contribution >= 0.6 is 11.6 Å². The fourth-order valence-electron chi connectivity index (χ4n) is 3.30. The lowest BCUT2D eigenvalue weighted by atomic mass is 10.0. The van der Waals surface area contributed by atoms with E-state index in [0.717, 1.165) is 18.7 Å². The molecule has 0 fully saturated rings. The van der Waals surface area contributed by atoms with E-state index in [4.69, 9.17) is 11.6 Å². The maximum atomic E-state index is 12.6. The van der Waals surface area contributed by atoms with Crippen LogP contribution in [0.2, 0.25) is 5.02 Å². The number of non-ortho nitro benzene ring substituents is 1. The Labute approximate surface area is 186 Å². The third-order valence-corrected chi connectivity index (χ3v) is 5.39. The number of likely N-dealkylation sites (N-methyl/N-ethyl adjacent to an activating group) is 1. The summed E-state index contributed by atoms with van der Waals surface area (Å²) < 4.78 is 0. The molecular formula is C22H27ClN4O4. The van der Waals surface area contributed by atoms with Gasteiger partial charge in [0, 0.05) is 29.3 Å². The summed E-state index contributed by atoms with van der Waals surface area (Å²) in [6.07, 6.45) is 0. The second-order valence-electron chi connectivity index (χ2n) is 7.01. The molecule has 31 heavy (non-hydrogen) atoms. The lowest BCUT2D eigenvalue weighted by Crippen LogP contribution is -2.47. The molecule has 0 aliphatic heterocycles. The number of nitrogens with zero attached hydrogens (tertiary/aromatic N) is 2. The summed E-state index contributed by atoms with van der Waals surface area (Å²) in [5, 5.41) is 17.0. The first-order valence-corrected chi connectivity index (χ1v) is 10.5. The van der Waals surface area contributed by atoms with Crippen molar-refractivity contribution >= 4 is 29.1 Å². The zero-order chi connectivity index (χ0) is 23.0. The van der Waals surface area contributed by atoms with E-state index in [0.29, 0.717) is 11.6 Å². The second kappa shape index (κ2) is 11.4. The van der Waals surface area contributed by atoms with Crippen LogP contribution in [0.15, 0.2) is 48.5 Å². The quantitative estimate of drug-likeness (QED) is 0.429. The van der Waals surface area contributed by atoms with Gasteiger partial charge in [-0.15, -0.1) is 0 Å². The summed E-state index contributed by atoms with van der Waals surface area (Å²) in [5.74, 6) is -0.916. The number of hydrogen-bond acceptors (Lipinski definition) is 5. The molecule has 0 radical (unpaired) electrons. The molecule has 0 heterocycles. The smallest absolute Gasteiger partial charge is 0.270 e. The number of carbonyl (C=O) groups excluding carboxylic acids is 2. The van der Waals surface area contributed by atoms with E-state index < -0.39 is 16.9 Å². The summed E-state index contributed by atoms with van der Waals surface area (Å²) in [6.45, 7) is 7.52. The molecule has 2 aromatic carbocycles. The van der Waals surface area contributed by atoms with Gasteiger partial charge in [0.25, 0.3) is 11.6 Å². The van der Waals surface area contributed by atoms with E-state index in [9.17, 15) is 19.7 Å². The molecule has 9 heteroatoms. The number of amides is 2. The molecule has 0 aromatic heterocycles. The Morgan fingerprint density at radius 1 is 1.13 bits per heavy atom. The standard InChI is InChI=1S/C22H27ClN4O4/c1-4-26(5-2)20(18-11-6-7-12-19(18)23)14-24-21(28)15(3)25-22(29)16-9-8-10-17(13-16)27(30)31/h6-13,15,20H,4-5,14H2,1-3H3,(H,24,28)(H,25,29). The number of nitro benzene ring substituents is 1. The van der Waals surface area contributed by atoms with Crippen LogP contribution in [0.4, 0.5) is 5.69 Å². The number of nitrogens with one attached hydrogen (secondary N) is 2. The molecule has 2 unspecified atom stereocenters. The van der Waals surface area contributed by atoms with Crippen LogP contribution in [0.3, 0.4) is 0 Å². The Morgan fingerprint density at radius 2 is 1.81 bits per heavy atom. The van der Waals surface area contributed by atoms with Crippen LogP contribution in [-0.4, -0.2) is 47.3 Å². The Balaban J connectivity index is 2.05. The molecule has 0 bridgehead atoms. The minimum atomic E-state index is -0.824. The van der Waals surface area contributed by atoms with Crippen molar-refractivity contribution in [2.45, 2.75) is 32.9 Å². The molecule has 2 rings (SSSR count). The zero-order valence-corrected chi connectivity index (χ0v) is 18.6. The van der Waals surface area contributed by atoms with Crippen molar-refractivity contribution in [3.8, 4) is 0 Å². The Morgan fingerprint density at radius 3 is 2.42 bits per heavy atom. The molecular weight excluding hydrogens is 420 g/mol. The molecule has 0 aliphatic rings. The van der Waals surface area contributed by atoms with Gasteiger partial charge in [0.1, 0.15) is 6.04 Å². The van der Waals surface area contributed by atoms with Crippen molar-refractivity contribution < 1.29 is 14.5 Å². The van der Waals surface area contributed by atoms with Crippen molar-refractivity contribution in [3.63, 3.8) is 0 Å². The second-order valence-corrected chi connectivity index (χ2v) is 7.41. The lowest BCUT2D eigenvalue weighted by molar-refractivity contribution is -0.384. The van der Waals surface area contributed by atoms with E-state index >= 15 is 0 Å². The minimum absolute atomic E-state index is 0.117. The number of rotatable bonds is 10. The molecule has 2 amide bonds. The zero-order valence-electron chi connectivity index (χ0n) is 17.8. The Hall–Kier alpha value is -2.97. The molecule has 166 valence electrons. The highest BCUT2D eigenvalue weighted by atomic mass is 35.5. The molecule has 8 nitrogen and oxygen atoms in total. The van der Waals surface area contributed by atoms with Crippen LogP contribution in [-0.2, 0) is 4.79 Å². The number of hydrogen-bond donors (Lipinski definition) is 2. The number of nitro groups is 1. The number of carbonyl (C=O) groups is 2. The van der Waals surface area contributed by atoms with E-state index in [1.165, 1.54) is 24.3 Å². The maximum absolute atomic E-state index is 12.6. The van der Waals surface area contributed by atoms with Crippen molar-refractivity contribution in [3.05, 3.63) is 74.8 Å². The first-order chi connectivity index (χ1) is 14.8. The van der Waals surface area contributed by atoms with Gasteiger partial charge >= 0.3 is 0 Å². The predicted molar refractivity (Wildman–Crippen MR) is 120 cm³/mol. The van der Waals surface area contributed by atoms with Crippen LogP contribution in [0.1, 0.15) is 42.7 Å². The van der Waals surface area contributed by atoms with Gasteiger partial charge in [0.15, 0.2) is 0 Å². The topological polar surface area (TPSA) is 105 Å². The third kappa shape index (κ3) is 6.50. The lowest BCUT2D eigenvalue weighted by Gasteiger charge is -2.31. The maximum Gasteiger partial charge on any atom is 0.270 e. The van der Waals surface area contributed by atoms with Gasteiger partial charge in [0.2, 0.25) is 5.91 Å². The fourth-order valence-corrected chi connectivity index (χ4v) is 3.56. The first-order valence-electron chi connectivity index (χ1n) is 10.1. The summed E-state index contributed by atoms with van der Waals surface area (Å²) in [5.41, 5.74) is 0.846. The van der Waals surface area contributed by atoms with Crippen molar-refractivity contribution in [1.82, 2.24) is 15.5 Å². The average molecular weight is 447 g/mol. The summed E-state index contributed by atoms with van der Waals surface area (Å²) in [7, 11) is 0. The minimum Gasteiger partial charge on any atom is -0.352 e. The Kier molecular flexibility index (Phi) is 8.96. The highest BCUT2D eigenvalue weighted by molar-refractivity contribution is 6.31. The van der Waals surface area contributed by atoms with Gasteiger partial charge in [-0.1, -0.05) is 49.7 Å². The third-order valence-electron chi connectivity index (χ3n) is 5.05. The van der Waals surface area contributed by atoms with Gasteiger partial charge < -0.3 is 10.6 Å². The van der Waals surface area contributed by atoms with Crippen molar-refractivity contribution in [2.24, 2.45) is 0 Å². The van der Waals surface area contributed by atoms with Crippen LogP contribution in [0.5, 0.6) is 0 Å². The summed E-state index contributed by atoms with van der Waals surface area (Å²) in [6, 6.07) is 11.9. The van der Waals surface area contributed by atoms with Crippen LogP contribution in [0.25, 0.3) is 0 Å². The van der Waals surface area contributed by atoms with Crippen molar-refractivity contribution in [2.75, 3.05) is 19.6 Å². The highest BCUT2D eigenvalue weighted by Gasteiger charge is 2.23. The summed E-state index contributed by atoms with van der Waals surface area (Å²) >= 11 is 6.38. The molecule has 0 aliphatic carbocycles. The van der Waals surface area contributed by atoms with E-state index in [1.54, 1.807) is 6.92 Å². The van der Waals surface area contributed by atoms with E-state index in [2.05, 4.69) is 15.5 Å². The molecule has 2 N–H and O–H groups in total. The van der Waals surface area contributed by atoms with Crippen LogP contribution in [0, 0.1) is 10.1 Å². The SMILES string of the molecule is CCN(CC)C(CNC(=O)C(C)NC(=O)c1cccc([N+](=O)[O-])c1)c1ccccc1Cl. The van der Waals surface area contributed by atoms with Gasteiger partial charge in [-0.05, 0) is 37.7 Å². The van der Waals surface area contributed by atoms with Crippen molar-refractivity contribution in [1.29, 1.82) is 0 Å². The van der Waals surface area contributed by atoms with Gasteiger partial charge in [-0.25, -0.2) is 0 Å². The molecule has 2 aromatic rings. The molecule has 0 saturated heterocycles.